The third-order valence-corrected chi connectivity index (χ3v) is 3.50. The first kappa shape index (κ1) is 11.0. The molecule has 0 aliphatic carbocycles. The van der Waals surface area contributed by atoms with Crippen molar-refractivity contribution in [1.82, 2.24) is 15.2 Å². The number of rotatable bonds is 1. The minimum atomic E-state index is -0.388. The number of H-pyrrole nitrogens is 2. The van der Waals surface area contributed by atoms with E-state index >= 15 is 0 Å². The molecule has 0 radical (unpaired) electrons. The van der Waals surface area contributed by atoms with E-state index in [1.54, 1.807) is 17.8 Å². The highest BCUT2D eigenvalue weighted by atomic mass is 32.2. The zero-order valence-electron chi connectivity index (χ0n) is 9.48. The van der Waals surface area contributed by atoms with Crippen LogP contribution in [-0.2, 0) is 0 Å². The van der Waals surface area contributed by atoms with Crippen LogP contribution in [0.15, 0.2) is 38.8 Å². The third kappa shape index (κ3) is 1.62. The molecule has 3 rings (SSSR count). The number of nitrogens with one attached hydrogen (secondary N) is 2. The molecule has 18 heavy (non-hydrogen) atoms. The molecule has 90 valence electrons. The predicted octanol–water partition coefficient (Wildman–Crippen LogP) is 1.49. The highest BCUT2D eigenvalue weighted by Crippen LogP contribution is 2.21. The molecule has 0 aliphatic heterocycles. The van der Waals surface area contributed by atoms with Crippen LogP contribution in [0.3, 0.4) is 0 Å². The molecule has 0 fully saturated rings. The number of hydrogen-bond acceptors (Lipinski definition) is 4. The molecule has 0 aliphatic rings. The van der Waals surface area contributed by atoms with Crippen molar-refractivity contribution < 1.29 is 0 Å². The standard InChI is InChI=1S/C12H9N3O2S/c1-18-7-3-2-6-4-8-10(13-9(6)5-7)12(17)15-14-11(8)16/h2-5H,1H3,(H,14,16)(H,15,17). The molecule has 2 heterocycles. The van der Waals surface area contributed by atoms with Crippen molar-refractivity contribution in [2.45, 2.75) is 4.90 Å². The number of aromatic amines is 2. The smallest absolute Gasteiger partial charge is 0.267 e. The lowest BCUT2D eigenvalue weighted by molar-refractivity contribution is 0.971. The average Bonchev–Trinajstić information content (AvgIpc) is 2.41. The van der Waals surface area contributed by atoms with E-state index in [2.05, 4.69) is 15.2 Å². The van der Waals surface area contributed by atoms with Gasteiger partial charge in [0.25, 0.3) is 11.1 Å². The lowest BCUT2D eigenvalue weighted by Crippen LogP contribution is -2.19. The average molecular weight is 259 g/mol. The first-order chi connectivity index (χ1) is 8.69. The van der Waals surface area contributed by atoms with Gasteiger partial charge in [-0.05, 0) is 24.5 Å². The SMILES string of the molecule is CSc1ccc2cc3c(=O)[nH][nH]c(=O)c3nc2c1. The molecule has 3 aromatic rings. The second kappa shape index (κ2) is 3.99. The van der Waals surface area contributed by atoms with Gasteiger partial charge in [-0.1, -0.05) is 6.07 Å². The Hall–Kier alpha value is -2.08. The van der Waals surface area contributed by atoms with Crippen molar-refractivity contribution in [1.29, 1.82) is 0 Å². The summed E-state index contributed by atoms with van der Waals surface area (Å²) in [5.41, 5.74) is 0.156. The summed E-state index contributed by atoms with van der Waals surface area (Å²) in [7, 11) is 0. The van der Waals surface area contributed by atoms with Crippen LogP contribution in [0.1, 0.15) is 0 Å². The van der Waals surface area contributed by atoms with E-state index in [9.17, 15) is 9.59 Å². The number of thioether (sulfide) groups is 1. The van der Waals surface area contributed by atoms with E-state index in [4.69, 9.17) is 0 Å². The van der Waals surface area contributed by atoms with Gasteiger partial charge in [0, 0.05) is 10.3 Å². The monoisotopic (exact) mass is 259 g/mol. The Kier molecular flexibility index (Phi) is 2.45. The van der Waals surface area contributed by atoms with E-state index in [-0.39, 0.29) is 16.6 Å². The van der Waals surface area contributed by atoms with Crippen molar-refractivity contribution in [3.63, 3.8) is 0 Å². The van der Waals surface area contributed by atoms with Crippen molar-refractivity contribution in [2.75, 3.05) is 6.26 Å². The van der Waals surface area contributed by atoms with Gasteiger partial charge in [-0.25, -0.2) is 4.98 Å². The van der Waals surface area contributed by atoms with Gasteiger partial charge < -0.3 is 0 Å². The lowest BCUT2D eigenvalue weighted by Gasteiger charge is -2.02. The van der Waals surface area contributed by atoms with Crippen LogP contribution in [0, 0.1) is 0 Å². The maximum absolute atomic E-state index is 11.6. The quantitative estimate of drug-likeness (QED) is 0.512. The number of hydrogen-bond donors (Lipinski definition) is 2. The second-order valence-electron chi connectivity index (χ2n) is 3.85. The Bertz CT molecular complexity index is 866. The molecule has 0 amide bonds. The lowest BCUT2D eigenvalue weighted by atomic mass is 10.1. The normalized spacial score (nSPS) is 11.2. The third-order valence-electron chi connectivity index (χ3n) is 2.77. The minimum absolute atomic E-state index is 0.171. The van der Waals surface area contributed by atoms with Crippen LogP contribution < -0.4 is 11.1 Å². The van der Waals surface area contributed by atoms with Crippen LogP contribution >= 0.6 is 11.8 Å². The van der Waals surface area contributed by atoms with Crippen LogP contribution in [0.5, 0.6) is 0 Å². The maximum atomic E-state index is 11.6. The first-order valence-electron chi connectivity index (χ1n) is 5.28. The highest BCUT2D eigenvalue weighted by molar-refractivity contribution is 7.98. The zero-order valence-corrected chi connectivity index (χ0v) is 10.3. The topological polar surface area (TPSA) is 78.6 Å². The van der Waals surface area contributed by atoms with Gasteiger partial charge in [0.2, 0.25) is 0 Å². The zero-order chi connectivity index (χ0) is 12.7. The predicted molar refractivity (Wildman–Crippen MR) is 72.3 cm³/mol. The summed E-state index contributed by atoms with van der Waals surface area (Å²) < 4.78 is 0. The Morgan fingerprint density at radius 3 is 2.67 bits per heavy atom. The van der Waals surface area contributed by atoms with E-state index in [1.165, 1.54) is 0 Å². The molecular weight excluding hydrogens is 250 g/mol. The van der Waals surface area contributed by atoms with Gasteiger partial charge in [-0.3, -0.25) is 19.8 Å². The van der Waals surface area contributed by atoms with E-state index in [0.717, 1.165) is 10.3 Å². The summed E-state index contributed by atoms with van der Waals surface area (Å²) in [6, 6.07) is 7.45. The molecule has 0 bridgehead atoms. The summed E-state index contributed by atoms with van der Waals surface area (Å²) in [6.45, 7) is 0. The van der Waals surface area contributed by atoms with Gasteiger partial charge in [0.05, 0.1) is 10.9 Å². The number of aromatic nitrogens is 3. The van der Waals surface area contributed by atoms with E-state index < -0.39 is 0 Å². The first-order valence-corrected chi connectivity index (χ1v) is 6.51. The molecule has 1 aromatic carbocycles. The number of fused-ring (bicyclic) bond motifs is 2. The summed E-state index contributed by atoms with van der Waals surface area (Å²) in [5, 5.41) is 5.72. The van der Waals surface area contributed by atoms with E-state index in [1.807, 2.05) is 24.5 Å². The fraction of sp³-hybridized carbons (Fsp3) is 0.0833. The van der Waals surface area contributed by atoms with Crippen LogP contribution in [0.2, 0.25) is 0 Å². The van der Waals surface area contributed by atoms with Crippen molar-refractivity contribution in [3.8, 4) is 0 Å². The summed E-state index contributed by atoms with van der Waals surface area (Å²) in [6.07, 6.45) is 1.97. The van der Waals surface area contributed by atoms with Crippen LogP contribution in [-0.4, -0.2) is 21.4 Å². The second-order valence-corrected chi connectivity index (χ2v) is 4.73. The summed E-state index contributed by atoms with van der Waals surface area (Å²) in [5.74, 6) is 0. The largest absolute Gasteiger partial charge is 0.289 e. The Morgan fingerprint density at radius 2 is 1.89 bits per heavy atom. The molecule has 6 heteroatoms. The van der Waals surface area contributed by atoms with Crippen LogP contribution in [0.25, 0.3) is 21.8 Å². The number of nitrogens with zero attached hydrogens (tertiary/aromatic N) is 1. The molecule has 5 nitrogen and oxygen atoms in total. The number of pyridine rings is 1. The van der Waals surface area contributed by atoms with Gasteiger partial charge >= 0.3 is 0 Å². The van der Waals surface area contributed by atoms with Crippen LogP contribution in [0.4, 0.5) is 0 Å². The Balaban J connectivity index is 2.51. The molecule has 0 saturated heterocycles. The molecular formula is C12H9N3O2S. The molecule has 2 aromatic heterocycles. The van der Waals surface area contributed by atoms with Crippen molar-refractivity contribution >= 4 is 33.6 Å². The van der Waals surface area contributed by atoms with Crippen molar-refractivity contribution in [2.24, 2.45) is 0 Å². The van der Waals surface area contributed by atoms with Gasteiger partial charge in [0.15, 0.2) is 0 Å². The van der Waals surface area contributed by atoms with Gasteiger partial charge in [-0.2, -0.15) is 0 Å². The minimum Gasteiger partial charge on any atom is -0.267 e. The highest BCUT2D eigenvalue weighted by Gasteiger charge is 2.07. The van der Waals surface area contributed by atoms with Gasteiger partial charge in [-0.15, -0.1) is 11.8 Å². The molecule has 0 atom stereocenters. The summed E-state index contributed by atoms with van der Waals surface area (Å²) in [4.78, 5) is 28.6. The fourth-order valence-corrected chi connectivity index (χ4v) is 2.29. The molecule has 0 unspecified atom stereocenters. The fourth-order valence-electron chi connectivity index (χ4n) is 1.86. The van der Waals surface area contributed by atoms with E-state index in [0.29, 0.717) is 10.9 Å². The molecule has 0 saturated carbocycles. The molecule has 0 spiro atoms. The Morgan fingerprint density at radius 1 is 1.11 bits per heavy atom. The number of benzene rings is 1. The van der Waals surface area contributed by atoms with Gasteiger partial charge in [0.1, 0.15) is 5.52 Å². The van der Waals surface area contributed by atoms with Crippen molar-refractivity contribution in [3.05, 3.63) is 45.0 Å². The maximum Gasteiger partial charge on any atom is 0.289 e. The summed E-state index contributed by atoms with van der Waals surface area (Å²) >= 11 is 1.60. The Labute approximate surface area is 105 Å². The molecule has 2 N–H and O–H groups in total.